The number of rotatable bonds is 6. The number of thiophene rings is 1. The fourth-order valence-electron chi connectivity index (χ4n) is 3.04. The molecule has 26 heavy (non-hydrogen) atoms. The molecule has 0 bridgehead atoms. The fraction of sp³-hybridized carbons (Fsp3) is 0.368. The summed E-state index contributed by atoms with van der Waals surface area (Å²) in [5, 5.41) is 3.32. The first kappa shape index (κ1) is 18.4. The quantitative estimate of drug-likeness (QED) is 0.815. The van der Waals surface area contributed by atoms with E-state index in [1.807, 2.05) is 18.2 Å². The molecule has 1 aliphatic rings. The predicted octanol–water partition coefficient (Wildman–Crippen LogP) is 2.63. The molecule has 7 heteroatoms. The Hall–Kier alpha value is -2.38. The molecule has 0 radical (unpaired) electrons. The molecule has 2 amide bonds. The second-order valence-electron chi connectivity index (χ2n) is 6.54. The molecule has 0 saturated heterocycles. The standard InChI is InChI=1S/C19H23N3O3S/c1-12(2)22-9-8-14-15(10-22)26-19(17(14)18(20)24)21-16(23)11-25-13-6-4-3-5-7-13/h3-7,12H,8-11H2,1-2H3,(H2,20,24)(H,21,23). The number of carbonyl (C=O) groups is 2. The van der Waals surface area contributed by atoms with Crippen molar-refractivity contribution in [1.29, 1.82) is 0 Å². The zero-order valence-electron chi connectivity index (χ0n) is 15.0. The zero-order chi connectivity index (χ0) is 18.7. The molecule has 1 aromatic heterocycles. The average Bonchev–Trinajstić information content (AvgIpc) is 2.97. The van der Waals surface area contributed by atoms with Crippen LogP contribution in [0.15, 0.2) is 30.3 Å². The van der Waals surface area contributed by atoms with Gasteiger partial charge in [0.15, 0.2) is 6.61 Å². The van der Waals surface area contributed by atoms with E-state index in [0.29, 0.717) is 22.4 Å². The van der Waals surface area contributed by atoms with Gasteiger partial charge < -0.3 is 15.8 Å². The van der Waals surface area contributed by atoms with Crippen molar-refractivity contribution in [2.75, 3.05) is 18.5 Å². The number of amides is 2. The maximum Gasteiger partial charge on any atom is 0.262 e. The van der Waals surface area contributed by atoms with Crippen molar-refractivity contribution in [3.8, 4) is 5.75 Å². The van der Waals surface area contributed by atoms with Crippen molar-refractivity contribution in [2.45, 2.75) is 32.9 Å². The largest absolute Gasteiger partial charge is 0.484 e. The summed E-state index contributed by atoms with van der Waals surface area (Å²) in [6.45, 7) is 5.83. The van der Waals surface area contributed by atoms with Crippen LogP contribution in [0.5, 0.6) is 5.75 Å². The van der Waals surface area contributed by atoms with E-state index in [0.717, 1.165) is 30.0 Å². The third-order valence-electron chi connectivity index (χ3n) is 4.43. The number of carbonyl (C=O) groups excluding carboxylic acids is 2. The summed E-state index contributed by atoms with van der Waals surface area (Å²) in [4.78, 5) is 27.7. The first-order valence-corrected chi connectivity index (χ1v) is 9.43. The Bertz CT molecular complexity index is 802. The summed E-state index contributed by atoms with van der Waals surface area (Å²) < 4.78 is 5.46. The summed E-state index contributed by atoms with van der Waals surface area (Å²) in [6, 6.07) is 9.56. The van der Waals surface area contributed by atoms with E-state index in [9.17, 15) is 9.59 Å². The van der Waals surface area contributed by atoms with Crippen LogP contribution < -0.4 is 15.8 Å². The second-order valence-corrected chi connectivity index (χ2v) is 7.64. The summed E-state index contributed by atoms with van der Waals surface area (Å²) in [6.07, 6.45) is 0.763. The van der Waals surface area contributed by atoms with Gasteiger partial charge in [0.25, 0.3) is 11.8 Å². The van der Waals surface area contributed by atoms with Gasteiger partial charge in [-0.1, -0.05) is 18.2 Å². The highest BCUT2D eigenvalue weighted by molar-refractivity contribution is 7.17. The normalized spacial score (nSPS) is 14.1. The third-order valence-corrected chi connectivity index (χ3v) is 5.56. The van der Waals surface area contributed by atoms with E-state index < -0.39 is 5.91 Å². The maximum absolute atomic E-state index is 12.3. The monoisotopic (exact) mass is 373 g/mol. The predicted molar refractivity (Wildman–Crippen MR) is 103 cm³/mol. The van der Waals surface area contributed by atoms with Crippen molar-refractivity contribution in [1.82, 2.24) is 4.90 Å². The number of ether oxygens (including phenoxy) is 1. The lowest BCUT2D eigenvalue weighted by Gasteiger charge is -2.30. The number of fused-ring (bicyclic) bond motifs is 1. The Morgan fingerprint density at radius 1 is 1.31 bits per heavy atom. The van der Waals surface area contributed by atoms with Crippen LogP contribution in [0.3, 0.4) is 0 Å². The number of primary amides is 1. The molecule has 0 atom stereocenters. The molecule has 0 aliphatic carbocycles. The number of nitrogens with zero attached hydrogens (tertiary/aromatic N) is 1. The lowest BCUT2D eigenvalue weighted by Crippen LogP contribution is -2.35. The molecule has 3 rings (SSSR count). The number of anilines is 1. The number of benzene rings is 1. The van der Waals surface area contributed by atoms with Gasteiger partial charge in [0.2, 0.25) is 0 Å². The molecule has 6 nitrogen and oxygen atoms in total. The molecule has 138 valence electrons. The topological polar surface area (TPSA) is 84.7 Å². The van der Waals surface area contributed by atoms with Crippen LogP contribution in [0.2, 0.25) is 0 Å². The van der Waals surface area contributed by atoms with Crippen molar-refractivity contribution < 1.29 is 14.3 Å². The van der Waals surface area contributed by atoms with Crippen molar-refractivity contribution in [2.24, 2.45) is 5.73 Å². The van der Waals surface area contributed by atoms with Gasteiger partial charge in [0.05, 0.1) is 5.56 Å². The molecule has 0 unspecified atom stereocenters. The maximum atomic E-state index is 12.3. The number of nitrogens with one attached hydrogen (secondary N) is 1. The van der Waals surface area contributed by atoms with Gasteiger partial charge in [0, 0.05) is 24.0 Å². The van der Waals surface area contributed by atoms with E-state index in [1.165, 1.54) is 11.3 Å². The SMILES string of the molecule is CC(C)N1CCc2c(sc(NC(=O)COc3ccccc3)c2C(N)=O)C1. The molecule has 2 heterocycles. The lowest BCUT2D eigenvalue weighted by atomic mass is 10.0. The second kappa shape index (κ2) is 7.88. The molecule has 0 saturated carbocycles. The molecule has 1 aliphatic heterocycles. The fourth-order valence-corrected chi connectivity index (χ4v) is 4.34. The van der Waals surface area contributed by atoms with Gasteiger partial charge in [-0.05, 0) is 38.0 Å². The molecule has 3 N–H and O–H groups in total. The van der Waals surface area contributed by atoms with Crippen molar-refractivity contribution in [3.63, 3.8) is 0 Å². The van der Waals surface area contributed by atoms with Crippen molar-refractivity contribution in [3.05, 3.63) is 46.3 Å². The van der Waals surface area contributed by atoms with Crippen LogP contribution in [-0.2, 0) is 17.8 Å². The molecule has 1 aromatic carbocycles. The Labute approximate surface area is 156 Å². The third kappa shape index (κ3) is 4.05. The van der Waals surface area contributed by atoms with Crippen molar-refractivity contribution >= 4 is 28.2 Å². The molecule has 0 fully saturated rings. The lowest BCUT2D eigenvalue weighted by molar-refractivity contribution is -0.118. The van der Waals surface area contributed by atoms with Crippen LogP contribution in [0.4, 0.5) is 5.00 Å². The summed E-state index contributed by atoms with van der Waals surface area (Å²) in [5.41, 5.74) is 7.01. The van der Waals surface area contributed by atoms with Crippen LogP contribution in [0.1, 0.15) is 34.6 Å². The Morgan fingerprint density at radius 3 is 2.69 bits per heavy atom. The van der Waals surface area contributed by atoms with Crippen LogP contribution in [0, 0.1) is 0 Å². The molecule has 2 aromatic rings. The average molecular weight is 373 g/mol. The van der Waals surface area contributed by atoms with Crippen LogP contribution in [-0.4, -0.2) is 35.9 Å². The minimum absolute atomic E-state index is 0.122. The first-order valence-electron chi connectivity index (χ1n) is 8.61. The molecular weight excluding hydrogens is 350 g/mol. The first-order chi connectivity index (χ1) is 12.5. The van der Waals surface area contributed by atoms with E-state index in [-0.39, 0.29) is 12.5 Å². The van der Waals surface area contributed by atoms with Gasteiger partial charge >= 0.3 is 0 Å². The molecule has 0 spiro atoms. The number of hydrogen-bond donors (Lipinski definition) is 2. The van der Waals surface area contributed by atoms with Gasteiger partial charge in [0.1, 0.15) is 10.8 Å². The van der Waals surface area contributed by atoms with E-state index >= 15 is 0 Å². The smallest absolute Gasteiger partial charge is 0.262 e. The summed E-state index contributed by atoms with van der Waals surface area (Å²) in [5.74, 6) is -0.189. The Morgan fingerprint density at radius 2 is 2.04 bits per heavy atom. The van der Waals surface area contributed by atoms with E-state index in [4.69, 9.17) is 10.5 Å². The van der Waals surface area contributed by atoms with Gasteiger partial charge in [-0.3, -0.25) is 14.5 Å². The summed E-state index contributed by atoms with van der Waals surface area (Å²) in [7, 11) is 0. The summed E-state index contributed by atoms with van der Waals surface area (Å²) >= 11 is 1.43. The Balaban J connectivity index is 1.73. The van der Waals surface area contributed by atoms with Gasteiger partial charge in [-0.25, -0.2) is 0 Å². The van der Waals surface area contributed by atoms with E-state index in [2.05, 4.69) is 24.1 Å². The number of hydrogen-bond acceptors (Lipinski definition) is 5. The highest BCUT2D eigenvalue weighted by atomic mass is 32.1. The van der Waals surface area contributed by atoms with Gasteiger partial charge in [-0.2, -0.15) is 0 Å². The highest BCUT2D eigenvalue weighted by Gasteiger charge is 2.28. The van der Waals surface area contributed by atoms with Gasteiger partial charge in [-0.15, -0.1) is 11.3 Å². The molecular formula is C19H23N3O3S. The van der Waals surface area contributed by atoms with E-state index in [1.54, 1.807) is 12.1 Å². The minimum atomic E-state index is -0.500. The zero-order valence-corrected chi connectivity index (χ0v) is 15.8. The minimum Gasteiger partial charge on any atom is -0.484 e. The number of nitrogens with two attached hydrogens (primary N) is 1. The Kier molecular flexibility index (Phi) is 5.58. The highest BCUT2D eigenvalue weighted by Crippen LogP contribution is 2.37. The van der Waals surface area contributed by atoms with Crippen LogP contribution >= 0.6 is 11.3 Å². The van der Waals surface area contributed by atoms with Crippen LogP contribution in [0.25, 0.3) is 0 Å². The number of para-hydroxylation sites is 1.